The van der Waals surface area contributed by atoms with Crippen LogP contribution >= 0.6 is 0 Å². The number of nitro groups is 1. The molecule has 0 atom stereocenters. The fourth-order valence-corrected chi connectivity index (χ4v) is 1.82. The standard InChI is InChI=1S/C12H16N6O4/c1-3-16-6-9(5-14-16)4-13-11(19)8-17-7-10(18(20)21)12(15-17)22-2/h5-7H,3-4,8H2,1-2H3,(H,13,19). The van der Waals surface area contributed by atoms with Crippen molar-refractivity contribution in [2.24, 2.45) is 0 Å². The summed E-state index contributed by atoms with van der Waals surface area (Å²) in [5.74, 6) is -0.439. The van der Waals surface area contributed by atoms with Crippen molar-refractivity contribution in [3.8, 4) is 5.88 Å². The average Bonchev–Trinajstić information content (AvgIpc) is 3.11. The first kappa shape index (κ1) is 15.5. The molecule has 0 aromatic carbocycles. The first-order chi connectivity index (χ1) is 10.5. The minimum atomic E-state index is -0.612. The number of nitrogens with zero attached hydrogens (tertiary/aromatic N) is 5. The second-order valence-electron chi connectivity index (χ2n) is 4.46. The quantitative estimate of drug-likeness (QED) is 0.582. The number of rotatable bonds is 7. The summed E-state index contributed by atoms with van der Waals surface area (Å²) < 4.78 is 7.72. The van der Waals surface area contributed by atoms with Crippen molar-refractivity contribution in [2.45, 2.75) is 26.6 Å². The fraction of sp³-hybridized carbons (Fsp3) is 0.417. The van der Waals surface area contributed by atoms with Crippen LogP contribution in [0.15, 0.2) is 18.6 Å². The Bertz CT molecular complexity index is 677. The summed E-state index contributed by atoms with van der Waals surface area (Å²) >= 11 is 0. The fourth-order valence-electron chi connectivity index (χ4n) is 1.82. The van der Waals surface area contributed by atoms with Crippen molar-refractivity contribution in [1.82, 2.24) is 24.9 Å². The number of aryl methyl sites for hydroxylation is 1. The number of methoxy groups -OCH3 is 1. The Labute approximate surface area is 125 Å². The molecule has 10 heteroatoms. The van der Waals surface area contributed by atoms with Gasteiger partial charge in [-0.15, -0.1) is 5.10 Å². The van der Waals surface area contributed by atoms with E-state index in [1.165, 1.54) is 11.8 Å². The van der Waals surface area contributed by atoms with Crippen LogP contribution in [-0.4, -0.2) is 37.5 Å². The summed E-state index contributed by atoms with van der Waals surface area (Å²) in [6.45, 7) is 2.92. The van der Waals surface area contributed by atoms with Gasteiger partial charge in [0, 0.05) is 24.8 Å². The first-order valence-corrected chi connectivity index (χ1v) is 6.57. The Morgan fingerprint density at radius 1 is 1.45 bits per heavy atom. The molecule has 0 fully saturated rings. The van der Waals surface area contributed by atoms with Crippen LogP contribution in [0, 0.1) is 10.1 Å². The molecule has 0 aliphatic rings. The maximum absolute atomic E-state index is 11.8. The van der Waals surface area contributed by atoms with E-state index in [1.807, 2.05) is 13.1 Å². The van der Waals surface area contributed by atoms with Crippen LogP contribution in [-0.2, 0) is 24.4 Å². The van der Waals surface area contributed by atoms with Gasteiger partial charge in [0.05, 0.1) is 18.2 Å². The molecule has 0 saturated heterocycles. The van der Waals surface area contributed by atoms with Crippen LogP contribution < -0.4 is 10.1 Å². The molecule has 0 spiro atoms. The van der Waals surface area contributed by atoms with Crippen LogP contribution in [0.25, 0.3) is 0 Å². The Kier molecular flexibility index (Phi) is 4.71. The summed E-state index contributed by atoms with van der Waals surface area (Å²) in [5, 5.41) is 21.4. The number of carbonyl (C=O) groups excluding carboxylic acids is 1. The second kappa shape index (κ2) is 6.70. The minimum Gasteiger partial charge on any atom is -0.475 e. The molecule has 0 aliphatic heterocycles. The topological polar surface area (TPSA) is 117 Å². The molecule has 22 heavy (non-hydrogen) atoms. The van der Waals surface area contributed by atoms with Crippen LogP contribution in [0.3, 0.4) is 0 Å². The molecule has 2 rings (SSSR count). The molecule has 10 nitrogen and oxygen atoms in total. The number of amides is 1. The van der Waals surface area contributed by atoms with E-state index in [2.05, 4.69) is 15.5 Å². The molecular weight excluding hydrogens is 292 g/mol. The Hall–Kier alpha value is -2.91. The van der Waals surface area contributed by atoms with E-state index < -0.39 is 4.92 Å². The predicted octanol–water partition coefficient (Wildman–Crippen LogP) is 0.333. The van der Waals surface area contributed by atoms with Crippen LogP contribution in [0.2, 0.25) is 0 Å². The monoisotopic (exact) mass is 308 g/mol. The van der Waals surface area contributed by atoms with Crippen molar-refractivity contribution < 1.29 is 14.5 Å². The van der Waals surface area contributed by atoms with Crippen LogP contribution in [0.4, 0.5) is 5.69 Å². The molecule has 2 aromatic heterocycles. The zero-order valence-corrected chi connectivity index (χ0v) is 12.2. The lowest BCUT2D eigenvalue weighted by Crippen LogP contribution is -2.27. The SMILES string of the molecule is CCn1cc(CNC(=O)Cn2cc([N+](=O)[O-])c(OC)n2)cn1. The number of hydrogen-bond acceptors (Lipinski definition) is 6. The van der Waals surface area contributed by atoms with Gasteiger partial charge in [0.2, 0.25) is 5.91 Å². The maximum atomic E-state index is 11.8. The molecule has 1 amide bonds. The molecule has 0 bridgehead atoms. The lowest BCUT2D eigenvalue weighted by atomic mass is 10.3. The number of aromatic nitrogens is 4. The third kappa shape index (κ3) is 3.59. The molecule has 0 aliphatic carbocycles. The largest absolute Gasteiger partial charge is 0.475 e. The molecular formula is C12H16N6O4. The van der Waals surface area contributed by atoms with Gasteiger partial charge in [0.25, 0.3) is 0 Å². The van der Waals surface area contributed by atoms with E-state index in [9.17, 15) is 14.9 Å². The smallest absolute Gasteiger partial charge is 0.350 e. The molecule has 118 valence electrons. The van der Waals surface area contributed by atoms with Crippen molar-refractivity contribution >= 4 is 11.6 Å². The van der Waals surface area contributed by atoms with Crippen molar-refractivity contribution in [2.75, 3.05) is 7.11 Å². The lowest BCUT2D eigenvalue weighted by molar-refractivity contribution is -0.385. The Balaban J connectivity index is 1.93. The minimum absolute atomic E-state index is 0.123. The molecule has 0 unspecified atom stereocenters. The number of hydrogen-bond donors (Lipinski definition) is 1. The highest BCUT2D eigenvalue weighted by Gasteiger charge is 2.21. The summed E-state index contributed by atoms with van der Waals surface area (Å²) in [4.78, 5) is 22.0. The summed E-state index contributed by atoms with van der Waals surface area (Å²) in [6, 6.07) is 0. The highest BCUT2D eigenvalue weighted by atomic mass is 16.6. The highest BCUT2D eigenvalue weighted by Crippen LogP contribution is 2.23. The van der Waals surface area contributed by atoms with E-state index in [1.54, 1.807) is 10.9 Å². The van der Waals surface area contributed by atoms with Gasteiger partial charge in [-0.05, 0) is 6.92 Å². The Morgan fingerprint density at radius 3 is 2.77 bits per heavy atom. The normalized spacial score (nSPS) is 10.5. The van der Waals surface area contributed by atoms with Gasteiger partial charge >= 0.3 is 11.6 Å². The Morgan fingerprint density at radius 2 is 2.23 bits per heavy atom. The first-order valence-electron chi connectivity index (χ1n) is 6.57. The summed E-state index contributed by atoms with van der Waals surface area (Å²) in [6.07, 6.45) is 4.67. The third-order valence-corrected chi connectivity index (χ3v) is 2.91. The predicted molar refractivity (Wildman–Crippen MR) is 75.2 cm³/mol. The molecule has 2 aromatic rings. The zero-order valence-electron chi connectivity index (χ0n) is 12.2. The maximum Gasteiger partial charge on any atom is 0.350 e. The lowest BCUT2D eigenvalue weighted by Gasteiger charge is -2.03. The van der Waals surface area contributed by atoms with E-state index in [0.29, 0.717) is 6.54 Å². The number of ether oxygens (including phenoxy) is 1. The van der Waals surface area contributed by atoms with E-state index >= 15 is 0 Å². The highest BCUT2D eigenvalue weighted by molar-refractivity contribution is 5.75. The number of nitrogens with one attached hydrogen (secondary N) is 1. The molecule has 2 heterocycles. The average molecular weight is 308 g/mol. The second-order valence-corrected chi connectivity index (χ2v) is 4.46. The molecule has 0 radical (unpaired) electrons. The van der Waals surface area contributed by atoms with Gasteiger partial charge in [0.1, 0.15) is 12.7 Å². The summed E-state index contributed by atoms with van der Waals surface area (Å²) in [5.41, 5.74) is 0.596. The van der Waals surface area contributed by atoms with Gasteiger partial charge < -0.3 is 10.1 Å². The van der Waals surface area contributed by atoms with Gasteiger partial charge in [-0.3, -0.25) is 24.3 Å². The van der Waals surface area contributed by atoms with Crippen molar-refractivity contribution in [1.29, 1.82) is 0 Å². The number of carbonyl (C=O) groups is 1. The molecule has 0 saturated carbocycles. The zero-order chi connectivity index (χ0) is 16.1. The van der Waals surface area contributed by atoms with Crippen LogP contribution in [0.1, 0.15) is 12.5 Å². The van der Waals surface area contributed by atoms with Gasteiger partial charge in [-0.25, -0.2) is 0 Å². The molecule has 1 N–H and O–H groups in total. The van der Waals surface area contributed by atoms with Gasteiger partial charge in [0.15, 0.2) is 0 Å². The third-order valence-electron chi connectivity index (χ3n) is 2.91. The van der Waals surface area contributed by atoms with Crippen molar-refractivity contribution in [3.05, 3.63) is 34.3 Å². The summed E-state index contributed by atoms with van der Waals surface area (Å²) in [7, 11) is 1.28. The van der Waals surface area contributed by atoms with Gasteiger partial charge in [-0.1, -0.05) is 0 Å². The van der Waals surface area contributed by atoms with E-state index in [4.69, 9.17) is 4.74 Å². The van der Waals surface area contributed by atoms with E-state index in [-0.39, 0.29) is 24.0 Å². The van der Waals surface area contributed by atoms with E-state index in [0.717, 1.165) is 18.3 Å². The van der Waals surface area contributed by atoms with Crippen molar-refractivity contribution in [3.63, 3.8) is 0 Å². The van der Waals surface area contributed by atoms with Crippen LogP contribution in [0.5, 0.6) is 5.88 Å². The van der Waals surface area contributed by atoms with Gasteiger partial charge in [-0.2, -0.15) is 5.10 Å².